The Kier molecular flexibility index (Phi) is 3.90. The van der Waals surface area contributed by atoms with Gasteiger partial charge in [-0.2, -0.15) is 0 Å². The van der Waals surface area contributed by atoms with Crippen molar-refractivity contribution in [2.75, 3.05) is 5.32 Å². The van der Waals surface area contributed by atoms with Gasteiger partial charge in [0, 0.05) is 18.2 Å². The van der Waals surface area contributed by atoms with Gasteiger partial charge < -0.3 is 9.84 Å². The van der Waals surface area contributed by atoms with Crippen LogP contribution in [0.2, 0.25) is 0 Å². The van der Waals surface area contributed by atoms with Crippen LogP contribution < -0.4 is 5.32 Å². The Morgan fingerprint density at radius 2 is 2.20 bits per heavy atom. The standard InChI is InChI=1S/C13H11N3O4/c1-9-8-12(15-20-9)14-13(17)7-6-10-4-2-3-5-11(10)16(18)19/h2-8H,1H3,(H,14,15,17)/b7-6+. The number of para-hydroxylation sites is 1. The molecule has 2 rings (SSSR count). The molecule has 102 valence electrons. The molecule has 0 spiro atoms. The lowest BCUT2D eigenvalue weighted by Gasteiger charge is -1.97. The van der Waals surface area contributed by atoms with Gasteiger partial charge in [-0.1, -0.05) is 17.3 Å². The molecule has 0 fully saturated rings. The number of carbonyl (C=O) groups is 1. The maximum Gasteiger partial charge on any atom is 0.276 e. The molecule has 0 aliphatic heterocycles. The average molecular weight is 273 g/mol. The van der Waals surface area contributed by atoms with Gasteiger partial charge in [-0.3, -0.25) is 14.9 Å². The van der Waals surface area contributed by atoms with Gasteiger partial charge in [-0.15, -0.1) is 0 Å². The predicted molar refractivity (Wildman–Crippen MR) is 72.0 cm³/mol. The molecule has 1 amide bonds. The monoisotopic (exact) mass is 273 g/mol. The molecule has 0 bridgehead atoms. The Hall–Kier alpha value is -2.96. The number of nitro benzene ring substituents is 1. The average Bonchev–Trinajstić information content (AvgIpc) is 2.82. The first-order chi connectivity index (χ1) is 9.56. The van der Waals surface area contributed by atoms with Crippen LogP contribution in [0.25, 0.3) is 6.08 Å². The molecule has 0 unspecified atom stereocenters. The van der Waals surface area contributed by atoms with Crippen LogP contribution >= 0.6 is 0 Å². The molecule has 1 heterocycles. The van der Waals surface area contributed by atoms with Crippen molar-refractivity contribution in [2.24, 2.45) is 0 Å². The summed E-state index contributed by atoms with van der Waals surface area (Å²) in [6.07, 6.45) is 2.58. The minimum absolute atomic E-state index is 0.0613. The first-order valence-electron chi connectivity index (χ1n) is 5.72. The van der Waals surface area contributed by atoms with Gasteiger partial charge in [0.15, 0.2) is 5.82 Å². The van der Waals surface area contributed by atoms with Crippen molar-refractivity contribution < 1.29 is 14.2 Å². The highest BCUT2D eigenvalue weighted by Crippen LogP contribution is 2.19. The molecular formula is C13H11N3O4. The van der Waals surface area contributed by atoms with Crippen molar-refractivity contribution in [1.29, 1.82) is 0 Å². The van der Waals surface area contributed by atoms with E-state index < -0.39 is 10.8 Å². The largest absolute Gasteiger partial charge is 0.360 e. The second-order valence-electron chi connectivity index (χ2n) is 3.96. The lowest BCUT2D eigenvalue weighted by molar-refractivity contribution is -0.385. The number of hydrogen-bond donors (Lipinski definition) is 1. The van der Waals surface area contributed by atoms with Gasteiger partial charge in [-0.05, 0) is 19.1 Å². The van der Waals surface area contributed by atoms with Gasteiger partial charge in [-0.25, -0.2) is 0 Å². The number of rotatable bonds is 4. The van der Waals surface area contributed by atoms with Crippen molar-refractivity contribution in [3.8, 4) is 0 Å². The molecule has 1 aromatic heterocycles. The number of nitro groups is 1. The molecule has 2 aromatic rings. The highest BCUT2D eigenvalue weighted by atomic mass is 16.6. The van der Waals surface area contributed by atoms with Crippen molar-refractivity contribution in [3.05, 3.63) is 57.8 Å². The molecule has 0 aliphatic carbocycles. The normalized spacial score (nSPS) is 10.7. The van der Waals surface area contributed by atoms with E-state index in [1.165, 1.54) is 18.2 Å². The zero-order chi connectivity index (χ0) is 14.5. The fraction of sp³-hybridized carbons (Fsp3) is 0.0769. The van der Waals surface area contributed by atoms with Gasteiger partial charge >= 0.3 is 0 Å². The summed E-state index contributed by atoms with van der Waals surface area (Å²) >= 11 is 0. The third-order valence-electron chi connectivity index (χ3n) is 2.43. The SMILES string of the molecule is Cc1cc(NC(=O)/C=C/c2ccccc2[N+](=O)[O-])no1. The molecule has 1 N–H and O–H groups in total. The van der Waals surface area contributed by atoms with E-state index in [1.807, 2.05) is 0 Å². The Morgan fingerprint density at radius 3 is 2.85 bits per heavy atom. The van der Waals surface area contributed by atoms with Crippen LogP contribution in [0, 0.1) is 17.0 Å². The zero-order valence-electron chi connectivity index (χ0n) is 10.6. The fourth-order valence-corrected chi connectivity index (χ4v) is 1.55. The second-order valence-corrected chi connectivity index (χ2v) is 3.96. The zero-order valence-corrected chi connectivity index (χ0v) is 10.6. The van der Waals surface area contributed by atoms with Crippen LogP contribution in [-0.2, 0) is 4.79 Å². The third kappa shape index (κ3) is 3.29. The molecule has 7 nitrogen and oxygen atoms in total. The van der Waals surface area contributed by atoms with Gasteiger partial charge in [0.2, 0.25) is 5.91 Å². The van der Waals surface area contributed by atoms with Gasteiger partial charge in [0.05, 0.1) is 10.5 Å². The van der Waals surface area contributed by atoms with Crippen LogP contribution in [0.1, 0.15) is 11.3 Å². The predicted octanol–water partition coefficient (Wildman–Crippen LogP) is 2.54. The molecule has 0 atom stereocenters. The number of nitrogens with zero attached hydrogens (tertiary/aromatic N) is 2. The Balaban J connectivity index is 2.09. The van der Waals surface area contributed by atoms with E-state index in [0.717, 1.165) is 0 Å². The van der Waals surface area contributed by atoms with E-state index in [2.05, 4.69) is 10.5 Å². The van der Waals surface area contributed by atoms with Crippen molar-refractivity contribution >= 4 is 23.5 Å². The summed E-state index contributed by atoms with van der Waals surface area (Å²) < 4.78 is 4.80. The fourth-order valence-electron chi connectivity index (χ4n) is 1.55. The number of amides is 1. The highest BCUT2D eigenvalue weighted by Gasteiger charge is 2.10. The lowest BCUT2D eigenvalue weighted by atomic mass is 10.1. The van der Waals surface area contributed by atoms with Crippen LogP contribution in [0.15, 0.2) is 40.9 Å². The summed E-state index contributed by atoms with van der Waals surface area (Å²) in [5.74, 6) is 0.416. The van der Waals surface area contributed by atoms with E-state index in [4.69, 9.17) is 4.52 Å². The number of nitrogens with one attached hydrogen (secondary N) is 1. The molecule has 20 heavy (non-hydrogen) atoms. The lowest BCUT2D eigenvalue weighted by Crippen LogP contribution is -2.07. The maximum atomic E-state index is 11.6. The summed E-state index contributed by atoms with van der Waals surface area (Å²) in [5, 5.41) is 16.9. The number of benzene rings is 1. The highest BCUT2D eigenvalue weighted by molar-refractivity contribution is 6.01. The number of aryl methyl sites for hydroxylation is 1. The summed E-state index contributed by atoms with van der Waals surface area (Å²) in [7, 11) is 0. The van der Waals surface area contributed by atoms with Crippen LogP contribution in [0.3, 0.4) is 0 Å². The van der Waals surface area contributed by atoms with E-state index in [1.54, 1.807) is 31.2 Å². The topological polar surface area (TPSA) is 98.3 Å². The first-order valence-corrected chi connectivity index (χ1v) is 5.72. The van der Waals surface area contributed by atoms with Crippen LogP contribution in [0.5, 0.6) is 0 Å². The second kappa shape index (κ2) is 5.79. The Labute approximate surface area is 114 Å². The van der Waals surface area contributed by atoms with E-state index >= 15 is 0 Å². The van der Waals surface area contributed by atoms with E-state index in [9.17, 15) is 14.9 Å². The maximum absolute atomic E-state index is 11.6. The summed E-state index contributed by atoms with van der Waals surface area (Å²) in [4.78, 5) is 21.9. The molecule has 1 aromatic carbocycles. The third-order valence-corrected chi connectivity index (χ3v) is 2.43. The quantitative estimate of drug-likeness (QED) is 0.524. The molecule has 7 heteroatoms. The molecule has 0 saturated carbocycles. The smallest absolute Gasteiger partial charge is 0.276 e. The molecule has 0 aliphatic rings. The van der Waals surface area contributed by atoms with Crippen molar-refractivity contribution in [3.63, 3.8) is 0 Å². The summed E-state index contributed by atoms with van der Waals surface area (Å²) in [6, 6.07) is 7.72. The van der Waals surface area contributed by atoms with Gasteiger partial charge in [0.25, 0.3) is 5.69 Å². The Bertz CT molecular complexity index is 676. The van der Waals surface area contributed by atoms with E-state index in [0.29, 0.717) is 17.1 Å². The first kappa shape index (κ1) is 13.5. The van der Waals surface area contributed by atoms with E-state index in [-0.39, 0.29) is 5.69 Å². The summed E-state index contributed by atoms with van der Waals surface area (Å²) in [6.45, 7) is 1.70. The minimum Gasteiger partial charge on any atom is -0.360 e. The number of aromatic nitrogens is 1. The molecule has 0 radical (unpaired) electrons. The van der Waals surface area contributed by atoms with Gasteiger partial charge in [0.1, 0.15) is 5.76 Å². The van der Waals surface area contributed by atoms with Crippen LogP contribution in [-0.4, -0.2) is 16.0 Å². The number of carbonyl (C=O) groups excluding carboxylic acids is 1. The van der Waals surface area contributed by atoms with Crippen molar-refractivity contribution in [2.45, 2.75) is 6.92 Å². The summed E-state index contributed by atoms with van der Waals surface area (Å²) in [5.41, 5.74) is 0.290. The number of anilines is 1. The molecule has 0 saturated heterocycles. The number of hydrogen-bond acceptors (Lipinski definition) is 5. The Morgan fingerprint density at radius 1 is 1.45 bits per heavy atom. The molecular weight excluding hydrogens is 262 g/mol. The van der Waals surface area contributed by atoms with Crippen molar-refractivity contribution in [1.82, 2.24) is 5.16 Å². The minimum atomic E-state index is -0.501. The van der Waals surface area contributed by atoms with Crippen LogP contribution in [0.4, 0.5) is 11.5 Å².